The first-order valence-corrected chi connectivity index (χ1v) is 20.6. The standard InChI is InChI=1S/C56H44O/c1-4-14-37(15-5-1)40-20-12-21-41(30-40)46-33-47(45-29-28-43-31-42(26-27-44(43)32-45)38-16-6-2-7-17-38)35-48(34-46)49-24-13-25-54-55(49)53-36-52(39-18-8-3-9-19-39)50-22-10-11-23-51(50)56(53)57-54/h1-33,35,43-44,48,50-52H,34,36H2. The van der Waals surface area contributed by atoms with Gasteiger partial charge >= 0.3 is 0 Å². The topological polar surface area (TPSA) is 13.1 Å². The summed E-state index contributed by atoms with van der Waals surface area (Å²) in [5.74, 6) is 2.98. The van der Waals surface area contributed by atoms with Crippen LogP contribution in [0.5, 0.6) is 0 Å². The molecule has 1 heterocycles. The number of benzene rings is 5. The largest absolute Gasteiger partial charge is 0.460 e. The van der Waals surface area contributed by atoms with Crippen LogP contribution in [0.1, 0.15) is 57.8 Å². The van der Waals surface area contributed by atoms with Crippen LogP contribution in [0.15, 0.2) is 222 Å². The van der Waals surface area contributed by atoms with Gasteiger partial charge < -0.3 is 4.42 Å². The van der Waals surface area contributed by atoms with Crippen molar-refractivity contribution in [3.05, 3.63) is 251 Å². The molecule has 6 unspecified atom stereocenters. The van der Waals surface area contributed by atoms with Gasteiger partial charge in [0.05, 0.1) is 0 Å². The number of allylic oxidation sites excluding steroid dienone is 16. The van der Waals surface area contributed by atoms with Crippen molar-refractivity contribution < 1.29 is 4.42 Å². The van der Waals surface area contributed by atoms with Gasteiger partial charge in [-0.2, -0.15) is 0 Å². The molecule has 5 aliphatic carbocycles. The van der Waals surface area contributed by atoms with E-state index in [1.54, 1.807) is 0 Å². The van der Waals surface area contributed by atoms with Gasteiger partial charge in [-0.15, -0.1) is 0 Å². The molecule has 0 radical (unpaired) electrons. The second-order valence-corrected chi connectivity index (χ2v) is 16.3. The van der Waals surface area contributed by atoms with Crippen molar-refractivity contribution in [3.63, 3.8) is 0 Å². The van der Waals surface area contributed by atoms with E-state index in [4.69, 9.17) is 4.42 Å². The van der Waals surface area contributed by atoms with Gasteiger partial charge in [0, 0.05) is 34.6 Å². The summed E-state index contributed by atoms with van der Waals surface area (Å²) in [5.41, 5.74) is 15.5. The monoisotopic (exact) mass is 732 g/mol. The van der Waals surface area contributed by atoms with Gasteiger partial charge in [0.15, 0.2) is 0 Å². The molecule has 5 aliphatic rings. The Bertz CT molecular complexity index is 2740. The van der Waals surface area contributed by atoms with Crippen LogP contribution in [0.2, 0.25) is 0 Å². The summed E-state index contributed by atoms with van der Waals surface area (Å²) in [6.45, 7) is 0. The van der Waals surface area contributed by atoms with Crippen LogP contribution in [-0.2, 0) is 6.42 Å². The number of rotatable bonds is 6. The minimum absolute atomic E-state index is 0.180. The lowest BCUT2D eigenvalue weighted by Gasteiger charge is -2.36. The van der Waals surface area contributed by atoms with Crippen molar-refractivity contribution in [2.45, 2.75) is 30.6 Å². The predicted octanol–water partition coefficient (Wildman–Crippen LogP) is 14.1. The van der Waals surface area contributed by atoms with Crippen LogP contribution in [0.3, 0.4) is 0 Å². The Morgan fingerprint density at radius 1 is 0.509 bits per heavy atom. The summed E-state index contributed by atoms with van der Waals surface area (Å²) in [7, 11) is 0. The van der Waals surface area contributed by atoms with Crippen molar-refractivity contribution in [1.29, 1.82) is 0 Å². The van der Waals surface area contributed by atoms with Crippen LogP contribution >= 0.6 is 0 Å². The highest BCUT2D eigenvalue weighted by atomic mass is 16.3. The first-order valence-electron chi connectivity index (χ1n) is 20.6. The van der Waals surface area contributed by atoms with Crippen molar-refractivity contribution in [1.82, 2.24) is 0 Å². The maximum Gasteiger partial charge on any atom is 0.134 e. The Labute approximate surface area is 335 Å². The van der Waals surface area contributed by atoms with Crippen LogP contribution in [0.25, 0.3) is 33.2 Å². The molecule has 0 amide bonds. The average Bonchev–Trinajstić information content (AvgIpc) is 3.68. The molecular formula is C56H44O. The summed E-state index contributed by atoms with van der Waals surface area (Å²) in [4.78, 5) is 0. The first kappa shape index (κ1) is 33.9. The number of furan rings is 1. The lowest BCUT2D eigenvalue weighted by Crippen LogP contribution is -2.26. The summed E-state index contributed by atoms with van der Waals surface area (Å²) in [6.07, 6.45) is 30.5. The highest BCUT2D eigenvalue weighted by molar-refractivity contribution is 5.89. The number of fused-ring (bicyclic) bond motifs is 6. The van der Waals surface area contributed by atoms with Crippen molar-refractivity contribution in [2.24, 2.45) is 17.8 Å². The van der Waals surface area contributed by atoms with E-state index in [9.17, 15) is 0 Å². The summed E-state index contributed by atoms with van der Waals surface area (Å²) in [5, 5.41) is 1.32. The van der Waals surface area contributed by atoms with Crippen molar-refractivity contribution in [3.8, 4) is 11.1 Å². The first-order chi connectivity index (χ1) is 28.2. The quantitative estimate of drug-likeness (QED) is 0.166. The van der Waals surface area contributed by atoms with E-state index in [1.807, 2.05) is 0 Å². The Morgan fingerprint density at radius 2 is 1.18 bits per heavy atom. The van der Waals surface area contributed by atoms with Gasteiger partial charge in [-0.1, -0.05) is 194 Å². The maximum absolute atomic E-state index is 6.94. The fourth-order valence-corrected chi connectivity index (χ4v) is 10.2. The van der Waals surface area contributed by atoms with E-state index < -0.39 is 0 Å². The van der Waals surface area contributed by atoms with E-state index >= 15 is 0 Å². The zero-order valence-corrected chi connectivity index (χ0v) is 31.9. The van der Waals surface area contributed by atoms with Gasteiger partial charge in [0.1, 0.15) is 11.3 Å². The number of hydrogen-bond acceptors (Lipinski definition) is 1. The highest BCUT2D eigenvalue weighted by Gasteiger charge is 2.40. The average molecular weight is 733 g/mol. The molecule has 0 saturated carbocycles. The third kappa shape index (κ3) is 6.19. The van der Waals surface area contributed by atoms with E-state index in [0.717, 1.165) is 24.2 Å². The van der Waals surface area contributed by atoms with Gasteiger partial charge in [-0.25, -0.2) is 0 Å². The second-order valence-electron chi connectivity index (χ2n) is 16.3. The SMILES string of the molecule is C1=CC2c3oc4cccc(C5C=C(C6=CC7C=CC(c8ccccc8)=CC7C=C6)C=C(c6cccc(-c7ccccc7)c6)C5)c4c3CC(c3ccccc3)C2C=C1. The van der Waals surface area contributed by atoms with Gasteiger partial charge in [0.2, 0.25) is 0 Å². The van der Waals surface area contributed by atoms with Gasteiger partial charge in [-0.05, 0) is 92.5 Å². The summed E-state index contributed by atoms with van der Waals surface area (Å²) >= 11 is 0. The van der Waals surface area contributed by atoms with Crippen LogP contribution in [-0.4, -0.2) is 0 Å². The van der Waals surface area contributed by atoms with E-state index in [1.165, 1.54) is 66.6 Å². The highest BCUT2D eigenvalue weighted by Crippen LogP contribution is 2.52. The minimum Gasteiger partial charge on any atom is -0.460 e. The molecule has 0 fully saturated rings. The van der Waals surface area contributed by atoms with Crippen LogP contribution < -0.4 is 0 Å². The fourth-order valence-electron chi connectivity index (χ4n) is 10.2. The smallest absolute Gasteiger partial charge is 0.134 e. The van der Waals surface area contributed by atoms with Crippen molar-refractivity contribution >= 4 is 22.1 Å². The van der Waals surface area contributed by atoms with Crippen LogP contribution in [0.4, 0.5) is 0 Å². The van der Waals surface area contributed by atoms with Crippen molar-refractivity contribution in [2.75, 3.05) is 0 Å². The van der Waals surface area contributed by atoms with Gasteiger partial charge in [0.25, 0.3) is 0 Å². The zero-order chi connectivity index (χ0) is 37.7. The summed E-state index contributed by atoms with van der Waals surface area (Å²) < 4.78 is 6.94. The zero-order valence-electron chi connectivity index (χ0n) is 31.9. The Hall–Kier alpha value is -6.44. The molecule has 6 atom stereocenters. The Kier molecular flexibility index (Phi) is 8.47. The molecule has 57 heavy (non-hydrogen) atoms. The second kappa shape index (κ2) is 14.3. The summed E-state index contributed by atoms with van der Waals surface area (Å²) in [6, 6.07) is 48.6. The lowest BCUT2D eigenvalue weighted by molar-refractivity contribution is 0.374. The number of hydrogen-bond donors (Lipinski definition) is 0. The lowest BCUT2D eigenvalue weighted by atomic mass is 9.67. The molecule has 5 aromatic carbocycles. The van der Waals surface area contributed by atoms with E-state index in [-0.39, 0.29) is 11.8 Å². The molecule has 0 bridgehead atoms. The van der Waals surface area contributed by atoms with Gasteiger partial charge in [-0.3, -0.25) is 0 Å². The molecule has 6 aromatic rings. The molecule has 0 saturated heterocycles. The van der Waals surface area contributed by atoms with E-state index in [0.29, 0.717) is 23.7 Å². The Morgan fingerprint density at radius 3 is 1.98 bits per heavy atom. The maximum atomic E-state index is 6.94. The molecule has 0 N–H and O–H groups in total. The molecule has 0 aliphatic heterocycles. The molecule has 1 heteroatoms. The Balaban J connectivity index is 1.02. The molecule has 11 rings (SSSR count). The molecule has 1 aromatic heterocycles. The molecular weight excluding hydrogens is 689 g/mol. The minimum atomic E-state index is 0.180. The third-order valence-corrected chi connectivity index (χ3v) is 13.0. The fraction of sp³-hybridized carbons (Fsp3) is 0.143. The third-order valence-electron chi connectivity index (χ3n) is 13.0. The van der Waals surface area contributed by atoms with Crippen LogP contribution in [0, 0.1) is 17.8 Å². The van der Waals surface area contributed by atoms with E-state index in [2.05, 4.69) is 206 Å². The molecule has 1 nitrogen and oxygen atoms in total. The molecule has 274 valence electrons. The normalized spacial score (nSPS) is 24.5. The predicted molar refractivity (Wildman–Crippen MR) is 237 cm³/mol. The molecule has 0 spiro atoms.